The highest BCUT2D eigenvalue weighted by Crippen LogP contribution is 2.07. The normalized spacial score (nSPS) is 10.9. The number of nitrogens with zero attached hydrogens (tertiary/aromatic N) is 2. The van der Waals surface area contributed by atoms with Gasteiger partial charge in [-0.1, -0.05) is 27.2 Å². The van der Waals surface area contributed by atoms with E-state index in [0.29, 0.717) is 13.2 Å². The first-order valence-corrected chi connectivity index (χ1v) is 6.43. The fourth-order valence-corrected chi connectivity index (χ4v) is 1.30. The van der Waals surface area contributed by atoms with Crippen molar-refractivity contribution in [1.29, 1.82) is 0 Å². The molecule has 6 nitrogen and oxygen atoms in total. The molecule has 1 aromatic rings. The molecule has 6 heteroatoms. The Hall–Kier alpha value is -1.43. The molecular weight excluding hydrogens is 232 g/mol. The van der Waals surface area contributed by atoms with Crippen molar-refractivity contribution in [1.82, 2.24) is 20.5 Å². The molecule has 0 atom stereocenters. The summed E-state index contributed by atoms with van der Waals surface area (Å²) < 4.78 is 5.34. The Balaban J connectivity index is 2.23. The third-order valence-corrected chi connectivity index (χ3v) is 2.43. The van der Waals surface area contributed by atoms with Gasteiger partial charge in [0.15, 0.2) is 0 Å². The summed E-state index contributed by atoms with van der Waals surface area (Å²) in [7, 11) is 0. The largest absolute Gasteiger partial charge is 0.380 e. The number of aromatic amines is 1. The van der Waals surface area contributed by atoms with Crippen LogP contribution in [0.15, 0.2) is 0 Å². The van der Waals surface area contributed by atoms with E-state index in [-0.39, 0.29) is 17.6 Å². The third-order valence-electron chi connectivity index (χ3n) is 2.43. The molecule has 18 heavy (non-hydrogen) atoms. The lowest BCUT2D eigenvalue weighted by molar-refractivity contribution is 0.0903. The summed E-state index contributed by atoms with van der Waals surface area (Å²) in [6.45, 7) is 7.83. The average Bonchev–Trinajstić information content (AvgIpc) is 2.83. The summed E-state index contributed by atoms with van der Waals surface area (Å²) in [6.07, 6.45) is 2.16. The Morgan fingerprint density at radius 2 is 2.22 bits per heavy atom. The minimum atomic E-state index is -0.266. The molecule has 0 fully saturated rings. The van der Waals surface area contributed by atoms with Crippen molar-refractivity contribution in [2.45, 2.75) is 39.5 Å². The average molecular weight is 254 g/mol. The summed E-state index contributed by atoms with van der Waals surface area (Å²) in [5, 5.41) is 9.35. The van der Waals surface area contributed by atoms with Crippen molar-refractivity contribution in [2.24, 2.45) is 0 Å². The summed E-state index contributed by atoms with van der Waals surface area (Å²) >= 11 is 0. The maximum atomic E-state index is 11.7. The topological polar surface area (TPSA) is 79.9 Å². The van der Waals surface area contributed by atoms with E-state index < -0.39 is 0 Å². The van der Waals surface area contributed by atoms with Crippen LogP contribution in [0.2, 0.25) is 0 Å². The van der Waals surface area contributed by atoms with Crippen molar-refractivity contribution in [3.05, 3.63) is 11.6 Å². The molecule has 0 radical (unpaired) electrons. The molecule has 0 saturated carbocycles. The van der Waals surface area contributed by atoms with Crippen LogP contribution in [0.25, 0.3) is 0 Å². The van der Waals surface area contributed by atoms with Crippen molar-refractivity contribution < 1.29 is 9.53 Å². The number of aromatic nitrogens is 3. The van der Waals surface area contributed by atoms with Crippen molar-refractivity contribution in [3.63, 3.8) is 0 Å². The Kier molecular flexibility index (Phi) is 6.35. The van der Waals surface area contributed by atoms with Crippen LogP contribution in [0.4, 0.5) is 0 Å². The Morgan fingerprint density at radius 1 is 1.44 bits per heavy atom. The second kappa shape index (κ2) is 7.81. The summed E-state index contributed by atoms with van der Waals surface area (Å²) in [5.74, 6) is 0.875. The first-order valence-electron chi connectivity index (χ1n) is 6.43. The van der Waals surface area contributed by atoms with Gasteiger partial charge >= 0.3 is 0 Å². The molecule has 0 aliphatic carbocycles. The van der Waals surface area contributed by atoms with Crippen LogP contribution in [-0.4, -0.2) is 40.8 Å². The second-order valence-electron chi connectivity index (χ2n) is 4.42. The number of amides is 1. The van der Waals surface area contributed by atoms with E-state index in [1.54, 1.807) is 0 Å². The molecule has 0 unspecified atom stereocenters. The number of nitrogens with one attached hydrogen (secondary N) is 2. The Labute approximate surface area is 108 Å². The standard InChI is InChI=1S/C12H22N4O2/c1-4-5-7-18-8-6-13-12(17)11-14-10(9(2)3)15-16-11/h9H,4-8H2,1-3H3,(H,13,17)(H,14,15,16). The van der Waals surface area contributed by atoms with E-state index in [0.717, 1.165) is 25.3 Å². The molecule has 0 aliphatic heterocycles. The molecular formula is C12H22N4O2. The van der Waals surface area contributed by atoms with E-state index in [1.165, 1.54) is 0 Å². The van der Waals surface area contributed by atoms with Gasteiger partial charge in [-0.15, -0.1) is 5.10 Å². The first kappa shape index (κ1) is 14.6. The van der Waals surface area contributed by atoms with Gasteiger partial charge in [-0.25, -0.2) is 4.98 Å². The molecule has 0 aromatic carbocycles. The van der Waals surface area contributed by atoms with E-state index >= 15 is 0 Å². The molecule has 0 bridgehead atoms. The highest BCUT2D eigenvalue weighted by Gasteiger charge is 2.13. The smallest absolute Gasteiger partial charge is 0.291 e. The minimum Gasteiger partial charge on any atom is -0.380 e. The van der Waals surface area contributed by atoms with Crippen molar-refractivity contribution in [3.8, 4) is 0 Å². The van der Waals surface area contributed by atoms with Gasteiger partial charge in [0.1, 0.15) is 5.82 Å². The monoisotopic (exact) mass is 254 g/mol. The van der Waals surface area contributed by atoms with Crippen LogP contribution in [0.3, 0.4) is 0 Å². The van der Waals surface area contributed by atoms with Gasteiger partial charge in [0.2, 0.25) is 5.82 Å². The lowest BCUT2D eigenvalue weighted by Crippen LogP contribution is -2.28. The van der Waals surface area contributed by atoms with Crippen LogP contribution < -0.4 is 5.32 Å². The highest BCUT2D eigenvalue weighted by molar-refractivity contribution is 5.90. The van der Waals surface area contributed by atoms with Crippen LogP contribution in [0, 0.1) is 0 Å². The third kappa shape index (κ3) is 4.83. The number of hydrogen-bond acceptors (Lipinski definition) is 4. The Bertz CT molecular complexity index is 363. The van der Waals surface area contributed by atoms with Gasteiger partial charge in [0.25, 0.3) is 5.91 Å². The molecule has 1 amide bonds. The summed E-state index contributed by atoms with van der Waals surface area (Å²) in [6, 6.07) is 0. The van der Waals surface area contributed by atoms with Crippen molar-refractivity contribution >= 4 is 5.91 Å². The molecule has 1 rings (SSSR count). The maximum Gasteiger partial charge on any atom is 0.291 e. The van der Waals surface area contributed by atoms with E-state index in [2.05, 4.69) is 27.4 Å². The van der Waals surface area contributed by atoms with Gasteiger partial charge in [0.05, 0.1) is 6.61 Å². The number of ether oxygens (including phenoxy) is 1. The lowest BCUT2D eigenvalue weighted by Gasteiger charge is -2.03. The van der Waals surface area contributed by atoms with Gasteiger partial charge in [0, 0.05) is 19.1 Å². The molecule has 0 aliphatic rings. The van der Waals surface area contributed by atoms with Crippen LogP contribution >= 0.6 is 0 Å². The molecule has 0 saturated heterocycles. The quantitative estimate of drug-likeness (QED) is 0.688. The molecule has 1 heterocycles. The predicted molar refractivity (Wildman–Crippen MR) is 68.5 cm³/mol. The number of carbonyl (C=O) groups is 1. The Morgan fingerprint density at radius 3 is 2.83 bits per heavy atom. The van der Waals surface area contributed by atoms with Crippen LogP contribution in [0.1, 0.15) is 56.0 Å². The SMILES string of the molecule is CCCCOCCNC(=O)c1n[nH]c(C(C)C)n1. The fourth-order valence-electron chi connectivity index (χ4n) is 1.30. The van der Waals surface area contributed by atoms with E-state index in [1.807, 2.05) is 13.8 Å². The molecule has 102 valence electrons. The zero-order valence-corrected chi connectivity index (χ0v) is 11.3. The second-order valence-corrected chi connectivity index (χ2v) is 4.42. The van der Waals surface area contributed by atoms with Crippen molar-refractivity contribution in [2.75, 3.05) is 19.8 Å². The highest BCUT2D eigenvalue weighted by atomic mass is 16.5. The van der Waals surface area contributed by atoms with Gasteiger partial charge in [-0.3, -0.25) is 9.89 Å². The van der Waals surface area contributed by atoms with Crippen LogP contribution in [0.5, 0.6) is 0 Å². The molecule has 1 aromatic heterocycles. The number of rotatable bonds is 8. The number of unbranched alkanes of at least 4 members (excludes halogenated alkanes) is 1. The van der Waals surface area contributed by atoms with Gasteiger partial charge < -0.3 is 10.1 Å². The number of carbonyl (C=O) groups excluding carboxylic acids is 1. The zero-order valence-electron chi connectivity index (χ0n) is 11.3. The lowest BCUT2D eigenvalue weighted by atomic mass is 10.2. The van der Waals surface area contributed by atoms with Gasteiger partial charge in [-0.05, 0) is 6.42 Å². The predicted octanol–water partition coefficient (Wildman–Crippen LogP) is 1.47. The first-order chi connectivity index (χ1) is 8.65. The van der Waals surface area contributed by atoms with E-state index in [9.17, 15) is 4.79 Å². The number of H-pyrrole nitrogens is 1. The van der Waals surface area contributed by atoms with Gasteiger partial charge in [-0.2, -0.15) is 0 Å². The molecule has 0 spiro atoms. The van der Waals surface area contributed by atoms with E-state index in [4.69, 9.17) is 4.74 Å². The summed E-state index contributed by atoms with van der Waals surface area (Å²) in [4.78, 5) is 15.8. The minimum absolute atomic E-state index is 0.187. The zero-order chi connectivity index (χ0) is 13.4. The number of hydrogen-bond donors (Lipinski definition) is 2. The fraction of sp³-hybridized carbons (Fsp3) is 0.750. The maximum absolute atomic E-state index is 11.7. The molecule has 2 N–H and O–H groups in total. The summed E-state index contributed by atoms with van der Waals surface area (Å²) in [5.41, 5.74) is 0. The van der Waals surface area contributed by atoms with Crippen LogP contribution in [-0.2, 0) is 4.74 Å².